The van der Waals surface area contributed by atoms with Gasteiger partial charge < -0.3 is 39.4 Å². The minimum absolute atomic E-state index is 0.0442. The van der Waals surface area contributed by atoms with Crippen molar-refractivity contribution >= 4 is 34.5 Å². The van der Waals surface area contributed by atoms with E-state index in [2.05, 4.69) is 10.6 Å². The Morgan fingerprint density at radius 3 is 2.26 bits per heavy atom. The number of ether oxygens (including phenoxy) is 2. The molecule has 3 heterocycles. The summed E-state index contributed by atoms with van der Waals surface area (Å²) in [5, 5.41) is 6.71. The molecular weight excluding hydrogens is 588 g/mol. The summed E-state index contributed by atoms with van der Waals surface area (Å²) in [6, 6.07) is 4.49. The van der Waals surface area contributed by atoms with E-state index < -0.39 is 12.1 Å². The minimum Gasteiger partial charge on any atom is -0.497 e. The van der Waals surface area contributed by atoms with Gasteiger partial charge in [0.1, 0.15) is 17.5 Å². The number of aryl methyl sites for hydroxylation is 1. The van der Waals surface area contributed by atoms with Gasteiger partial charge in [-0.2, -0.15) is 0 Å². The van der Waals surface area contributed by atoms with E-state index in [-0.39, 0.29) is 35.6 Å². The molecule has 46 heavy (non-hydrogen) atoms. The first-order valence-electron chi connectivity index (χ1n) is 16.7. The highest BCUT2D eigenvalue weighted by Crippen LogP contribution is 2.33. The van der Waals surface area contributed by atoms with E-state index in [1.807, 2.05) is 30.1 Å². The summed E-state index contributed by atoms with van der Waals surface area (Å²) in [6.45, 7) is 4.21. The van der Waals surface area contributed by atoms with E-state index in [0.29, 0.717) is 61.7 Å². The van der Waals surface area contributed by atoms with Gasteiger partial charge in [-0.3, -0.25) is 19.2 Å². The molecule has 252 valence electrons. The number of carbonyl (C=O) groups excluding carboxylic acids is 4. The molecule has 12 nitrogen and oxygen atoms in total. The van der Waals surface area contributed by atoms with Crippen molar-refractivity contribution < 1.29 is 28.7 Å². The van der Waals surface area contributed by atoms with Crippen LogP contribution in [0.3, 0.4) is 0 Å². The molecular formula is C34H50N6O6. The maximum atomic E-state index is 14.3. The lowest BCUT2D eigenvalue weighted by Gasteiger charge is -2.39. The van der Waals surface area contributed by atoms with Crippen molar-refractivity contribution in [2.75, 3.05) is 60.6 Å². The monoisotopic (exact) mass is 638 g/mol. The predicted molar refractivity (Wildman–Crippen MR) is 175 cm³/mol. The third-order valence-electron chi connectivity index (χ3n) is 10.2. The Morgan fingerprint density at radius 2 is 1.61 bits per heavy atom. The van der Waals surface area contributed by atoms with Crippen LogP contribution in [0, 0.1) is 5.92 Å². The summed E-state index contributed by atoms with van der Waals surface area (Å²) in [5.41, 5.74) is 1.47. The number of piperazine rings is 1. The standard InChI is InChI=1S/C34H50N6O6/c1-22(35-2)31(41)36-29(23-10-7-6-8-11-23)33(43)38-16-18-39(19-17-38)34(44)30-28(32(42)40-15-9-12-24(40)21-45-4)26-14-13-25(46-5)20-27(26)37(30)3/h13-14,20,22-24,29,35H,6-12,15-19,21H2,1-5H3,(H,36,41)/t22-,24-,29?/m0/s1. The number of nitrogens with zero attached hydrogens (tertiary/aromatic N) is 4. The first kappa shape index (κ1) is 33.7. The number of hydrogen-bond acceptors (Lipinski definition) is 7. The Hall–Kier alpha value is -3.64. The highest BCUT2D eigenvalue weighted by Gasteiger charge is 2.39. The maximum Gasteiger partial charge on any atom is 0.271 e. The molecule has 1 aromatic heterocycles. The van der Waals surface area contributed by atoms with Gasteiger partial charge in [-0.15, -0.1) is 0 Å². The Balaban J connectivity index is 1.38. The summed E-state index contributed by atoms with van der Waals surface area (Å²) in [6.07, 6.45) is 6.81. The first-order chi connectivity index (χ1) is 22.2. The van der Waals surface area contributed by atoms with Gasteiger partial charge in [0.05, 0.1) is 36.9 Å². The highest BCUT2D eigenvalue weighted by molar-refractivity contribution is 6.16. The SMILES string of the molecule is CN[C@@H](C)C(=O)NC(C(=O)N1CCN(C(=O)c2c(C(=O)N3CCC[C@H]3COC)c3ccc(OC)cc3n2C)CC1)C1CCCCC1. The van der Waals surface area contributed by atoms with Crippen molar-refractivity contribution in [3.63, 3.8) is 0 Å². The zero-order valence-corrected chi connectivity index (χ0v) is 28.0. The van der Waals surface area contributed by atoms with Crippen LogP contribution in [-0.4, -0.2) is 122 Å². The summed E-state index contributed by atoms with van der Waals surface area (Å²) in [4.78, 5) is 60.6. The number of hydrogen-bond donors (Lipinski definition) is 2. The zero-order valence-electron chi connectivity index (χ0n) is 28.0. The second kappa shape index (κ2) is 14.8. The lowest BCUT2D eigenvalue weighted by atomic mass is 9.83. The van der Waals surface area contributed by atoms with Crippen molar-refractivity contribution in [1.29, 1.82) is 0 Å². The Morgan fingerprint density at radius 1 is 0.913 bits per heavy atom. The molecule has 3 aliphatic rings. The van der Waals surface area contributed by atoms with Crippen LogP contribution >= 0.6 is 0 Å². The van der Waals surface area contributed by atoms with Gasteiger partial charge in [0, 0.05) is 58.3 Å². The number of likely N-dealkylation sites (N-methyl/N-ethyl adjacent to an activating group) is 1. The van der Waals surface area contributed by atoms with Crippen LogP contribution in [0.5, 0.6) is 5.75 Å². The number of benzene rings is 1. The molecule has 3 atom stereocenters. The Labute approximate surface area is 271 Å². The number of amides is 4. The molecule has 4 amide bonds. The van der Waals surface area contributed by atoms with Gasteiger partial charge in [-0.1, -0.05) is 19.3 Å². The summed E-state index contributed by atoms with van der Waals surface area (Å²) in [5.74, 6) is 0.0603. The summed E-state index contributed by atoms with van der Waals surface area (Å²) >= 11 is 0. The molecule has 3 fully saturated rings. The smallest absolute Gasteiger partial charge is 0.271 e. The van der Waals surface area contributed by atoms with Gasteiger partial charge in [0.25, 0.3) is 11.8 Å². The second-order valence-electron chi connectivity index (χ2n) is 12.9. The molecule has 1 unspecified atom stereocenters. The van der Waals surface area contributed by atoms with E-state index in [1.165, 1.54) is 0 Å². The quantitative estimate of drug-likeness (QED) is 0.410. The number of rotatable bonds is 10. The lowest BCUT2D eigenvalue weighted by Crippen LogP contribution is -2.59. The molecule has 0 bridgehead atoms. The molecule has 2 aromatic rings. The van der Waals surface area contributed by atoms with Crippen molar-refractivity contribution in [2.24, 2.45) is 13.0 Å². The van der Waals surface area contributed by atoms with Gasteiger partial charge in [-0.25, -0.2) is 0 Å². The molecule has 0 radical (unpaired) electrons. The molecule has 5 rings (SSSR count). The minimum atomic E-state index is -0.580. The van der Waals surface area contributed by atoms with Crippen molar-refractivity contribution in [3.8, 4) is 5.75 Å². The van der Waals surface area contributed by atoms with E-state index in [4.69, 9.17) is 9.47 Å². The first-order valence-corrected chi connectivity index (χ1v) is 16.7. The molecule has 2 saturated heterocycles. The van der Waals surface area contributed by atoms with Crippen molar-refractivity contribution in [2.45, 2.75) is 70.0 Å². The number of likely N-dealkylation sites (tertiary alicyclic amines) is 1. The van der Waals surface area contributed by atoms with Crippen LogP contribution < -0.4 is 15.4 Å². The van der Waals surface area contributed by atoms with Crippen LogP contribution in [0.15, 0.2) is 18.2 Å². The number of fused-ring (bicyclic) bond motifs is 1. The van der Waals surface area contributed by atoms with Gasteiger partial charge in [0.15, 0.2) is 0 Å². The number of carbonyl (C=O) groups is 4. The van der Waals surface area contributed by atoms with E-state index >= 15 is 0 Å². The normalized spacial score (nSPS) is 20.5. The summed E-state index contributed by atoms with van der Waals surface area (Å²) < 4.78 is 12.7. The van der Waals surface area contributed by atoms with Gasteiger partial charge in [0.2, 0.25) is 11.8 Å². The molecule has 1 aliphatic carbocycles. The second-order valence-corrected chi connectivity index (χ2v) is 12.9. The predicted octanol–water partition coefficient (Wildman–Crippen LogP) is 2.40. The average molecular weight is 639 g/mol. The largest absolute Gasteiger partial charge is 0.497 e. The van der Waals surface area contributed by atoms with Crippen LogP contribution in [0.4, 0.5) is 0 Å². The molecule has 2 N–H and O–H groups in total. The summed E-state index contributed by atoms with van der Waals surface area (Å²) in [7, 11) is 6.77. The number of aromatic nitrogens is 1. The zero-order chi connectivity index (χ0) is 33.0. The molecule has 0 spiro atoms. The van der Waals surface area contributed by atoms with Crippen LogP contribution in [0.2, 0.25) is 0 Å². The highest BCUT2D eigenvalue weighted by atomic mass is 16.5. The molecule has 1 aromatic carbocycles. The lowest BCUT2D eigenvalue weighted by molar-refractivity contribution is -0.140. The fraction of sp³-hybridized carbons (Fsp3) is 0.647. The number of methoxy groups -OCH3 is 2. The Bertz CT molecular complexity index is 1430. The van der Waals surface area contributed by atoms with E-state index in [9.17, 15) is 19.2 Å². The third-order valence-corrected chi connectivity index (χ3v) is 10.2. The average Bonchev–Trinajstić information content (AvgIpc) is 3.68. The van der Waals surface area contributed by atoms with Crippen LogP contribution in [-0.2, 0) is 21.4 Å². The number of nitrogens with one attached hydrogen (secondary N) is 2. The van der Waals surface area contributed by atoms with Crippen molar-refractivity contribution in [1.82, 2.24) is 29.9 Å². The fourth-order valence-electron chi connectivity index (χ4n) is 7.36. The van der Waals surface area contributed by atoms with Gasteiger partial charge in [-0.05, 0) is 57.7 Å². The van der Waals surface area contributed by atoms with E-state index in [1.54, 1.807) is 42.6 Å². The topological polar surface area (TPSA) is 125 Å². The van der Waals surface area contributed by atoms with Crippen molar-refractivity contribution in [3.05, 3.63) is 29.5 Å². The Kier molecular flexibility index (Phi) is 10.9. The van der Waals surface area contributed by atoms with Crippen LogP contribution in [0.25, 0.3) is 10.9 Å². The third kappa shape index (κ3) is 6.73. The molecule has 12 heteroatoms. The van der Waals surface area contributed by atoms with Crippen LogP contribution in [0.1, 0.15) is 72.7 Å². The maximum absolute atomic E-state index is 14.3. The van der Waals surface area contributed by atoms with E-state index in [0.717, 1.165) is 50.5 Å². The van der Waals surface area contributed by atoms with Gasteiger partial charge >= 0.3 is 0 Å². The fourth-order valence-corrected chi connectivity index (χ4v) is 7.36. The molecule has 2 aliphatic heterocycles. The molecule has 1 saturated carbocycles.